The van der Waals surface area contributed by atoms with E-state index >= 15 is 0 Å². The zero-order chi connectivity index (χ0) is 37.5. The summed E-state index contributed by atoms with van der Waals surface area (Å²) >= 11 is 0. The number of rotatable bonds is 11. The molecule has 5 rings (SSSR count). The van der Waals surface area contributed by atoms with Gasteiger partial charge in [-0.1, -0.05) is 19.1 Å². The number of aromatic nitrogens is 2. The molecule has 1 unspecified atom stereocenters. The minimum absolute atomic E-state index is 0. The summed E-state index contributed by atoms with van der Waals surface area (Å²) in [6, 6.07) is 15.0. The molecule has 0 radical (unpaired) electrons. The molecule has 1 aliphatic heterocycles. The highest BCUT2D eigenvalue weighted by Gasteiger charge is 2.34. The minimum atomic E-state index is -0.889. The van der Waals surface area contributed by atoms with Gasteiger partial charge in [0.1, 0.15) is 23.4 Å². The number of halogens is 1. The molecule has 1 saturated heterocycles. The molecule has 14 nitrogen and oxygen atoms in total. The molecule has 2 heterocycles. The second-order valence-corrected chi connectivity index (χ2v) is 12.5. The number of piperazine rings is 1. The number of methoxy groups -OCH3 is 2. The monoisotopic (exact) mass is 721 g/mol. The highest BCUT2D eigenvalue weighted by atomic mass is 19.1. The van der Waals surface area contributed by atoms with Gasteiger partial charge in [-0.05, 0) is 75.7 Å². The first-order chi connectivity index (χ1) is 24.9. The summed E-state index contributed by atoms with van der Waals surface area (Å²) in [5.74, 6) is 0.355. The van der Waals surface area contributed by atoms with Gasteiger partial charge in [0.2, 0.25) is 5.91 Å². The van der Waals surface area contributed by atoms with Gasteiger partial charge in [-0.2, -0.15) is 0 Å². The topological polar surface area (TPSA) is 148 Å². The first kappa shape index (κ1) is 37.4. The van der Waals surface area contributed by atoms with Crippen molar-refractivity contribution < 1.29 is 35.8 Å². The van der Waals surface area contributed by atoms with E-state index in [0.717, 1.165) is 0 Å². The van der Waals surface area contributed by atoms with Crippen molar-refractivity contribution in [3.05, 3.63) is 88.7 Å². The van der Waals surface area contributed by atoms with Crippen LogP contribution >= 0.6 is 0 Å². The third-order valence-electron chi connectivity index (χ3n) is 8.69. The number of carbonyl (C=O) groups is 3. The summed E-state index contributed by atoms with van der Waals surface area (Å²) in [7, 11) is 2.98. The van der Waals surface area contributed by atoms with E-state index in [1.807, 2.05) is 0 Å². The van der Waals surface area contributed by atoms with Crippen molar-refractivity contribution in [3.8, 4) is 11.5 Å². The van der Waals surface area contributed by atoms with Crippen LogP contribution in [0.15, 0.2) is 71.5 Å². The maximum absolute atomic E-state index is 14.3. The Morgan fingerprint density at radius 1 is 0.962 bits per heavy atom. The molecule has 1 aromatic heterocycles. The van der Waals surface area contributed by atoms with E-state index in [0.29, 0.717) is 40.2 Å². The van der Waals surface area contributed by atoms with Crippen molar-refractivity contribution in [1.29, 1.82) is 0 Å². The average Bonchev–Trinajstić information content (AvgIpc) is 3.14. The Balaban J connectivity index is 0.00000392. The SMILES string of the molecule is CC[C@H](NC(=O)OC(C)C)C(=O)N1CCN(n2c(C(C)N(C(=O)Nc3ccc(F)cc3)c3ccc(OC)cc3OC)nc3ccccc3c2=O)CC1.[HH].[HH]. The van der Waals surface area contributed by atoms with Crippen molar-refractivity contribution in [2.24, 2.45) is 0 Å². The Bertz CT molecular complexity index is 1970. The first-order valence-corrected chi connectivity index (χ1v) is 17.1. The van der Waals surface area contributed by atoms with Crippen molar-refractivity contribution >= 4 is 40.3 Å². The molecule has 4 aromatic rings. The molecule has 2 atom stereocenters. The van der Waals surface area contributed by atoms with Crippen LogP contribution in [0.4, 0.5) is 25.4 Å². The molecule has 3 aromatic carbocycles. The zero-order valence-corrected chi connectivity index (χ0v) is 30.1. The zero-order valence-electron chi connectivity index (χ0n) is 30.1. The Hall–Kier alpha value is -5.86. The van der Waals surface area contributed by atoms with E-state index in [1.165, 1.54) is 48.1 Å². The maximum atomic E-state index is 14.3. The number of fused-ring (bicyclic) bond motifs is 1. The molecular weight excluding hydrogens is 673 g/mol. The highest BCUT2D eigenvalue weighted by molar-refractivity contribution is 6.03. The molecule has 52 heavy (non-hydrogen) atoms. The fraction of sp³-hybridized carbons (Fsp3) is 0.378. The van der Waals surface area contributed by atoms with Gasteiger partial charge in [0.15, 0.2) is 5.82 Å². The molecule has 4 amide bonds. The molecule has 0 spiro atoms. The quantitative estimate of drug-likeness (QED) is 0.204. The second-order valence-electron chi connectivity index (χ2n) is 12.5. The smallest absolute Gasteiger partial charge is 0.408 e. The van der Waals surface area contributed by atoms with Crippen LogP contribution in [0.25, 0.3) is 10.9 Å². The minimum Gasteiger partial charge on any atom is -0.497 e. The van der Waals surface area contributed by atoms with Gasteiger partial charge in [-0.25, -0.2) is 23.6 Å². The van der Waals surface area contributed by atoms with Crippen molar-refractivity contribution in [1.82, 2.24) is 19.9 Å². The summed E-state index contributed by atoms with van der Waals surface area (Å²) in [5, 5.41) is 7.66. The molecule has 0 aliphatic carbocycles. The van der Waals surface area contributed by atoms with Crippen LogP contribution in [0.5, 0.6) is 11.5 Å². The number of ether oxygens (including phenoxy) is 3. The van der Waals surface area contributed by atoms with E-state index in [9.17, 15) is 23.6 Å². The first-order valence-electron chi connectivity index (χ1n) is 17.1. The van der Waals surface area contributed by atoms with Crippen molar-refractivity contribution in [3.63, 3.8) is 0 Å². The van der Waals surface area contributed by atoms with Crippen molar-refractivity contribution in [2.75, 3.05) is 55.6 Å². The largest absolute Gasteiger partial charge is 0.497 e. The van der Waals surface area contributed by atoms with Gasteiger partial charge < -0.3 is 34.8 Å². The van der Waals surface area contributed by atoms with E-state index < -0.39 is 30.0 Å². The maximum Gasteiger partial charge on any atom is 0.408 e. The number of benzene rings is 3. The molecule has 280 valence electrons. The van der Waals surface area contributed by atoms with E-state index in [-0.39, 0.29) is 52.4 Å². The van der Waals surface area contributed by atoms with E-state index in [4.69, 9.17) is 19.2 Å². The van der Waals surface area contributed by atoms with Gasteiger partial charge in [0, 0.05) is 27.7 Å². The molecule has 0 bridgehead atoms. The highest BCUT2D eigenvalue weighted by Crippen LogP contribution is 2.37. The summed E-state index contributed by atoms with van der Waals surface area (Å²) in [4.78, 5) is 62.3. The van der Waals surface area contributed by atoms with Gasteiger partial charge in [-0.15, -0.1) is 0 Å². The lowest BCUT2D eigenvalue weighted by atomic mass is 10.1. The van der Waals surface area contributed by atoms with Gasteiger partial charge in [-0.3, -0.25) is 14.5 Å². The average molecular weight is 722 g/mol. The van der Waals surface area contributed by atoms with Crippen LogP contribution in [0.2, 0.25) is 0 Å². The third-order valence-corrected chi connectivity index (χ3v) is 8.69. The van der Waals surface area contributed by atoms with Gasteiger partial charge >= 0.3 is 12.1 Å². The van der Waals surface area contributed by atoms with Crippen LogP contribution in [0, 0.1) is 5.82 Å². The predicted molar refractivity (Wildman–Crippen MR) is 199 cm³/mol. The number of carbonyl (C=O) groups excluding carboxylic acids is 3. The third kappa shape index (κ3) is 8.19. The Kier molecular flexibility index (Phi) is 11.8. The molecule has 1 fully saturated rings. The second kappa shape index (κ2) is 16.4. The number of hydrogen-bond acceptors (Lipinski definition) is 9. The summed E-state index contributed by atoms with van der Waals surface area (Å²) in [6.07, 6.45) is -0.632. The Labute approximate surface area is 304 Å². The van der Waals surface area contributed by atoms with Crippen LogP contribution in [0.1, 0.15) is 48.8 Å². The normalized spacial score (nSPS) is 14.1. The lowest BCUT2D eigenvalue weighted by Crippen LogP contribution is -2.59. The number of nitrogens with zero attached hydrogens (tertiary/aromatic N) is 5. The van der Waals surface area contributed by atoms with Gasteiger partial charge in [0.25, 0.3) is 5.56 Å². The van der Waals surface area contributed by atoms with Crippen LogP contribution < -0.4 is 35.6 Å². The number of hydrogen-bond donors (Lipinski definition) is 2. The Morgan fingerprint density at radius 3 is 2.29 bits per heavy atom. The lowest BCUT2D eigenvalue weighted by molar-refractivity contribution is -0.133. The number of amides is 4. The van der Waals surface area contributed by atoms with Crippen molar-refractivity contribution in [2.45, 2.75) is 52.3 Å². The fourth-order valence-electron chi connectivity index (χ4n) is 6.06. The summed E-state index contributed by atoms with van der Waals surface area (Å²) < 4.78 is 31.5. The molecule has 15 heteroatoms. The van der Waals surface area contributed by atoms with Gasteiger partial charge in [0.05, 0.1) is 56.0 Å². The van der Waals surface area contributed by atoms with E-state index in [2.05, 4.69) is 10.6 Å². The van der Waals surface area contributed by atoms with Crippen LogP contribution in [-0.2, 0) is 9.53 Å². The summed E-state index contributed by atoms with van der Waals surface area (Å²) in [6.45, 7) is 8.02. The summed E-state index contributed by atoms with van der Waals surface area (Å²) in [5.41, 5.74) is 0.787. The molecular formula is C37H48FN7O7. The van der Waals surface area contributed by atoms with Crippen LogP contribution in [0.3, 0.4) is 0 Å². The molecule has 0 saturated carbocycles. The lowest BCUT2D eigenvalue weighted by Gasteiger charge is -2.40. The number of urea groups is 1. The fourth-order valence-corrected chi connectivity index (χ4v) is 6.06. The molecule has 1 aliphatic rings. The van der Waals surface area contributed by atoms with E-state index in [1.54, 1.807) is 80.1 Å². The number of alkyl carbamates (subject to hydrolysis) is 1. The standard InChI is InChI=1S/C37H44FN7O7.2H2/c1-7-29(41-37(49)52-23(2)3)35(47)42-18-20-43(21-19-42)45-33(40-30-11-9-8-10-28(30)34(45)46)24(4)44(31-17-16-27(50-5)22-32(31)51-6)36(48)39-26-14-12-25(38)13-15-26;;/h8-17,22-24,29H,7,18-21H2,1-6H3,(H,39,48)(H,41,49);2*1H/t24?,29-;;/m0../s1. The number of anilines is 2. The number of para-hydroxylation sites is 1. The van der Waals surface area contributed by atoms with Crippen LogP contribution in [-0.4, -0.2) is 85.1 Å². The molecule has 2 N–H and O–H groups in total. The Morgan fingerprint density at radius 2 is 1.65 bits per heavy atom. The number of nitrogens with one attached hydrogen (secondary N) is 2. The predicted octanol–water partition coefficient (Wildman–Crippen LogP) is 5.54.